The molecule has 0 aromatic heterocycles. The van der Waals surface area contributed by atoms with Gasteiger partial charge in [-0.25, -0.2) is 0 Å². The van der Waals surface area contributed by atoms with Crippen LogP contribution in [0, 0.1) is 0 Å². The number of benzene rings is 2. The van der Waals surface area contributed by atoms with Crippen molar-refractivity contribution in [1.29, 1.82) is 0 Å². The zero-order valence-electron chi connectivity index (χ0n) is 10.3. The maximum absolute atomic E-state index is 5.42. The van der Waals surface area contributed by atoms with E-state index in [1.165, 1.54) is 0 Å². The van der Waals surface area contributed by atoms with Gasteiger partial charge in [-0.1, -0.05) is 30.3 Å². The van der Waals surface area contributed by atoms with Gasteiger partial charge in [0.15, 0.2) is 5.05 Å². The molecule has 0 aliphatic carbocycles. The van der Waals surface area contributed by atoms with Crippen molar-refractivity contribution in [2.45, 2.75) is 0 Å². The SMILES string of the molecule is COC(=S)c1ccc(-c2ccccc2)c(OC)c1. The third kappa shape index (κ3) is 2.51. The fourth-order valence-electron chi connectivity index (χ4n) is 1.79. The van der Waals surface area contributed by atoms with Crippen molar-refractivity contribution in [1.82, 2.24) is 0 Å². The number of hydrogen-bond donors (Lipinski definition) is 0. The third-order valence-electron chi connectivity index (χ3n) is 2.71. The summed E-state index contributed by atoms with van der Waals surface area (Å²) in [4.78, 5) is 0. The fraction of sp³-hybridized carbons (Fsp3) is 0.133. The summed E-state index contributed by atoms with van der Waals surface area (Å²) in [5.74, 6) is 0.790. The summed E-state index contributed by atoms with van der Waals surface area (Å²) in [6.45, 7) is 0. The molecule has 92 valence electrons. The highest BCUT2D eigenvalue weighted by Crippen LogP contribution is 2.30. The molecule has 0 N–H and O–H groups in total. The van der Waals surface area contributed by atoms with Crippen molar-refractivity contribution in [2.24, 2.45) is 0 Å². The molecule has 0 radical (unpaired) electrons. The van der Waals surface area contributed by atoms with E-state index in [4.69, 9.17) is 21.7 Å². The van der Waals surface area contributed by atoms with Gasteiger partial charge in [0.1, 0.15) is 5.75 Å². The lowest BCUT2D eigenvalue weighted by molar-refractivity contribution is 0.410. The van der Waals surface area contributed by atoms with Gasteiger partial charge in [-0.3, -0.25) is 0 Å². The summed E-state index contributed by atoms with van der Waals surface area (Å²) in [5.41, 5.74) is 3.01. The van der Waals surface area contributed by atoms with Crippen LogP contribution in [0.25, 0.3) is 11.1 Å². The van der Waals surface area contributed by atoms with E-state index in [1.807, 2.05) is 48.5 Å². The molecule has 2 aromatic rings. The van der Waals surface area contributed by atoms with Crippen LogP contribution in [0.1, 0.15) is 5.56 Å². The van der Waals surface area contributed by atoms with E-state index in [2.05, 4.69) is 0 Å². The number of ether oxygens (including phenoxy) is 2. The van der Waals surface area contributed by atoms with Crippen LogP contribution in [0.3, 0.4) is 0 Å². The highest BCUT2D eigenvalue weighted by Gasteiger charge is 2.09. The first-order valence-corrected chi connectivity index (χ1v) is 5.99. The van der Waals surface area contributed by atoms with Crippen LogP contribution in [0.4, 0.5) is 0 Å². The molecule has 0 saturated heterocycles. The molecule has 0 fully saturated rings. The lowest BCUT2D eigenvalue weighted by Crippen LogP contribution is -2.00. The zero-order chi connectivity index (χ0) is 13.0. The third-order valence-corrected chi connectivity index (χ3v) is 3.11. The maximum atomic E-state index is 5.42. The second-order valence-corrected chi connectivity index (χ2v) is 4.14. The summed E-state index contributed by atoms with van der Waals surface area (Å²) >= 11 is 5.11. The van der Waals surface area contributed by atoms with Crippen LogP contribution >= 0.6 is 12.2 Å². The van der Waals surface area contributed by atoms with Crippen molar-refractivity contribution in [3.05, 3.63) is 54.1 Å². The highest BCUT2D eigenvalue weighted by molar-refractivity contribution is 7.80. The summed E-state index contributed by atoms with van der Waals surface area (Å²) in [7, 11) is 3.22. The molecule has 2 aromatic carbocycles. The minimum absolute atomic E-state index is 0.466. The van der Waals surface area contributed by atoms with Crippen LogP contribution in [0.2, 0.25) is 0 Å². The fourth-order valence-corrected chi connectivity index (χ4v) is 1.92. The van der Waals surface area contributed by atoms with E-state index in [9.17, 15) is 0 Å². The summed E-state index contributed by atoms with van der Waals surface area (Å²) in [6.07, 6.45) is 0. The van der Waals surface area contributed by atoms with Crippen LogP contribution in [-0.4, -0.2) is 19.3 Å². The Morgan fingerprint density at radius 1 is 1.00 bits per heavy atom. The molecule has 0 spiro atoms. The number of rotatable bonds is 3. The lowest BCUT2D eigenvalue weighted by Gasteiger charge is -2.11. The van der Waals surface area contributed by atoms with Crippen molar-refractivity contribution in [2.75, 3.05) is 14.2 Å². The van der Waals surface area contributed by atoms with Gasteiger partial charge in [0, 0.05) is 11.1 Å². The minimum atomic E-state index is 0.466. The molecule has 2 rings (SSSR count). The van der Waals surface area contributed by atoms with Gasteiger partial charge in [0.25, 0.3) is 0 Å². The van der Waals surface area contributed by atoms with Crippen molar-refractivity contribution in [3.8, 4) is 16.9 Å². The van der Waals surface area contributed by atoms with E-state index < -0.39 is 0 Å². The predicted octanol–water partition coefficient (Wildman–Crippen LogP) is 3.68. The van der Waals surface area contributed by atoms with Gasteiger partial charge in [-0.05, 0) is 36.0 Å². The molecule has 0 atom stereocenters. The molecule has 0 aliphatic heterocycles. The van der Waals surface area contributed by atoms with E-state index in [-0.39, 0.29) is 0 Å². The highest BCUT2D eigenvalue weighted by atomic mass is 32.1. The Morgan fingerprint density at radius 3 is 2.33 bits per heavy atom. The first kappa shape index (κ1) is 12.6. The molecular formula is C15H14O2S. The molecule has 3 heteroatoms. The summed E-state index contributed by atoms with van der Waals surface area (Å²) in [5, 5.41) is 0.466. The Balaban J connectivity index is 2.47. The van der Waals surface area contributed by atoms with Gasteiger partial charge < -0.3 is 9.47 Å². The summed E-state index contributed by atoms with van der Waals surface area (Å²) < 4.78 is 10.5. The van der Waals surface area contributed by atoms with Crippen LogP contribution in [0.15, 0.2) is 48.5 Å². The Bertz CT molecular complexity index is 550. The van der Waals surface area contributed by atoms with Gasteiger partial charge in [-0.2, -0.15) is 0 Å². The number of thiocarbonyl (C=S) groups is 1. The van der Waals surface area contributed by atoms with Crippen LogP contribution in [-0.2, 0) is 4.74 Å². The topological polar surface area (TPSA) is 18.5 Å². The first-order valence-electron chi connectivity index (χ1n) is 5.58. The molecule has 0 saturated carbocycles. The summed E-state index contributed by atoms with van der Waals surface area (Å²) in [6, 6.07) is 15.9. The van der Waals surface area contributed by atoms with Crippen LogP contribution < -0.4 is 4.74 Å². The van der Waals surface area contributed by atoms with E-state index in [1.54, 1.807) is 14.2 Å². The first-order chi connectivity index (χ1) is 8.76. The molecular weight excluding hydrogens is 244 g/mol. The monoisotopic (exact) mass is 258 g/mol. The lowest BCUT2D eigenvalue weighted by atomic mass is 10.0. The van der Waals surface area contributed by atoms with Gasteiger partial charge in [0.2, 0.25) is 0 Å². The molecule has 0 aliphatic rings. The Labute approximate surface area is 112 Å². The van der Waals surface area contributed by atoms with Gasteiger partial charge in [-0.15, -0.1) is 0 Å². The molecule has 0 heterocycles. The zero-order valence-corrected chi connectivity index (χ0v) is 11.2. The van der Waals surface area contributed by atoms with Crippen LogP contribution in [0.5, 0.6) is 5.75 Å². The molecule has 0 amide bonds. The van der Waals surface area contributed by atoms with Gasteiger partial charge in [0.05, 0.1) is 14.2 Å². The predicted molar refractivity (Wildman–Crippen MR) is 77.1 cm³/mol. The van der Waals surface area contributed by atoms with E-state index in [0.717, 1.165) is 22.4 Å². The van der Waals surface area contributed by atoms with E-state index in [0.29, 0.717) is 5.05 Å². The van der Waals surface area contributed by atoms with Crippen molar-refractivity contribution in [3.63, 3.8) is 0 Å². The van der Waals surface area contributed by atoms with Crippen molar-refractivity contribution >= 4 is 17.3 Å². The second-order valence-electron chi connectivity index (χ2n) is 3.77. The Morgan fingerprint density at radius 2 is 1.72 bits per heavy atom. The quantitative estimate of drug-likeness (QED) is 0.782. The normalized spacial score (nSPS) is 9.89. The number of methoxy groups -OCH3 is 2. The van der Waals surface area contributed by atoms with E-state index >= 15 is 0 Å². The molecule has 0 bridgehead atoms. The molecule has 18 heavy (non-hydrogen) atoms. The average molecular weight is 258 g/mol. The minimum Gasteiger partial charge on any atom is -0.496 e. The Hall–Kier alpha value is -1.87. The Kier molecular flexibility index (Phi) is 3.95. The van der Waals surface area contributed by atoms with Crippen molar-refractivity contribution < 1.29 is 9.47 Å². The van der Waals surface area contributed by atoms with Gasteiger partial charge >= 0.3 is 0 Å². The second kappa shape index (κ2) is 5.65. The smallest absolute Gasteiger partial charge is 0.190 e. The average Bonchev–Trinajstić information content (AvgIpc) is 2.46. The largest absolute Gasteiger partial charge is 0.496 e. The standard InChI is InChI=1S/C15H14O2S/c1-16-14-10-12(15(18)17-2)8-9-13(14)11-6-4-3-5-7-11/h3-10H,1-2H3. The molecule has 2 nitrogen and oxygen atoms in total. The number of hydrogen-bond acceptors (Lipinski definition) is 3. The maximum Gasteiger partial charge on any atom is 0.190 e. The molecule has 0 unspecified atom stereocenters.